The molecule has 2 N–H and O–H groups in total. The maximum Gasteiger partial charge on any atom is 0.410 e. The summed E-state index contributed by atoms with van der Waals surface area (Å²) in [5.41, 5.74) is 1.54. The van der Waals surface area contributed by atoms with Crippen molar-refractivity contribution < 1.29 is 24.2 Å². The minimum absolute atomic E-state index is 0.125. The largest absolute Gasteiger partial charge is 0.480 e. The Morgan fingerprint density at radius 1 is 1.24 bits per heavy atom. The first kappa shape index (κ1) is 26.8. The third kappa shape index (κ3) is 8.86. The molecule has 186 valence electrons. The number of hydrogen-bond acceptors (Lipinski definition) is 7. The molecule has 0 radical (unpaired) electrons. The first-order valence-electron chi connectivity index (χ1n) is 11.1. The monoisotopic (exact) mass is 474 g/mol. The Balaban J connectivity index is 1.82. The van der Waals surface area contributed by atoms with Crippen LogP contribution in [-0.4, -0.2) is 64.0 Å². The Labute approximate surface area is 199 Å². The van der Waals surface area contributed by atoms with Crippen LogP contribution in [-0.2, 0) is 33.8 Å². The number of likely N-dealkylation sites (N-methyl/N-ethyl adjacent to an activating group) is 1. The number of rotatable bonds is 11. The van der Waals surface area contributed by atoms with Crippen LogP contribution >= 0.6 is 0 Å². The number of carboxylic acids is 1. The van der Waals surface area contributed by atoms with Crippen LogP contribution in [0.1, 0.15) is 37.6 Å². The highest BCUT2D eigenvalue weighted by Gasteiger charge is 2.19. The maximum absolute atomic E-state index is 12.5. The van der Waals surface area contributed by atoms with Gasteiger partial charge in [0.2, 0.25) is 0 Å². The number of nitrogens with zero attached hydrogens (tertiary/aromatic N) is 3. The second-order valence-corrected chi connectivity index (χ2v) is 8.98. The van der Waals surface area contributed by atoms with Crippen LogP contribution in [0.4, 0.5) is 10.6 Å². The summed E-state index contributed by atoms with van der Waals surface area (Å²) in [6.45, 7) is 8.37. The van der Waals surface area contributed by atoms with Gasteiger partial charge >= 0.3 is 12.1 Å². The second-order valence-electron chi connectivity index (χ2n) is 8.98. The summed E-state index contributed by atoms with van der Waals surface area (Å²) in [4.78, 5) is 41.0. The van der Waals surface area contributed by atoms with Gasteiger partial charge in [-0.25, -0.2) is 9.78 Å². The van der Waals surface area contributed by atoms with Crippen molar-refractivity contribution >= 4 is 17.9 Å². The number of nitrogens with one attached hydrogen (secondary N) is 1. The van der Waals surface area contributed by atoms with Crippen molar-refractivity contribution in [3.05, 3.63) is 57.6 Å². The Hall–Kier alpha value is -3.40. The molecule has 34 heavy (non-hydrogen) atoms. The summed E-state index contributed by atoms with van der Waals surface area (Å²) < 4.78 is 12.2. The molecule has 0 spiro atoms. The van der Waals surface area contributed by atoms with Crippen molar-refractivity contribution in [2.75, 3.05) is 32.1 Å². The SMILES string of the molecule is Cc1cnc(NCCc2cccc(COCCN(C)C(=O)OC(C)(C)C)c2)c(=O)n1CC(=O)O. The predicted octanol–water partition coefficient (Wildman–Crippen LogP) is 2.67. The number of benzene rings is 1. The van der Waals surface area contributed by atoms with Gasteiger partial charge in [0.1, 0.15) is 12.1 Å². The molecular weight excluding hydrogens is 440 g/mol. The summed E-state index contributed by atoms with van der Waals surface area (Å²) in [5, 5.41) is 12.0. The lowest BCUT2D eigenvalue weighted by Crippen LogP contribution is -2.36. The molecule has 0 saturated carbocycles. The van der Waals surface area contributed by atoms with Crippen molar-refractivity contribution in [2.24, 2.45) is 0 Å². The fraction of sp³-hybridized carbons (Fsp3) is 0.500. The molecule has 0 atom stereocenters. The zero-order valence-corrected chi connectivity index (χ0v) is 20.5. The first-order valence-corrected chi connectivity index (χ1v) is 11.1. The fourth-order valence-electron chi connectivity index (χ4n) is 3.05. The molecule has 1 amide bonds. The summed E-state index contributed by atoms with van der Waals surface area (Å²) in [5.74, 6) is -0.960. The maximum atomic E-state index is 12.5. The number of carboxylic acid groups (broad SMARTS) is 1. The molecule has 1 aromatic carbocycles. The van der Waals surface area contributed by atoms with Crippen LogP contribution in [0.15, 0.2) is 35.3 Å². The van der Waals surface area contributed by atoms with Gasteiger partial charge in [0, 0.05) is 32.0 Å². The van der Waals surface area contributed by atoms with E-state index < -0.39 is 23.7 Å². The number of carbonyl (C=O) groups excluding carboxylic acids is 1. The van der Waals surface area contributed by atoms with E-state index in [1.54, 1.807) is 14.0 Å². The van der Waals surface area contributed by atoms with E-state index in [9.17, 15) is 14.4 Å². The van der Waals surface area contributed by atoms with Crippen LogP contribution in [0.2, 0.25) is 0 Å². The number of aryl methyl sites for hydroxylation is 1. The minimum Gasteiger partial charge on any atom is -0.480 e. The third-order valence-electron chi connectivity index (χ3n) is 4.79. The average Bonchev–Trinajstić information content (AvgIpc) is 2.74. The molecule has 0 fully saturated rings. The van der Waals surface area contributed by atoms with Crippen molar-refractivity contribution in [3.8, 4) is 0 Å². The number of hydrogen-bond donors (Lipinski definition) is 2. The first-order chi connectivity index (χ1) is 16.0. The zero-order valence-electron chi connectivity index (χ0n) is 20.5. The van der Waals surface area contributed by atoms with Gasteiger partial charge in [-0.2, -0.15) is 0 Å². The number of carbonyl (C=O) groups is 2. The van der Waals surface area contributed by atoms with Gasteiger partial charge < -0.3 is 24.8 Å². The molecule has 0 bridgehead atoms. The Kier molecular flexibility index (Phi) is 9.61. The summed E-state index contributed by atoms with van der Waals surface area (Å²) in [6.07, 6.45) is 1.73. The van der Waals surface area contributed by atoms with Crippen molar-refractivity contribution in [3.63, 3.8) is 0 Å². The van der Waals surface area contributed by atoms with E-state index in [1.165, 1.54) is 15.7 Å². The highest BCUT2D eigenvalue weighted by molar-refractivity contribution is 5.67. The smallest absolute Gasteiger partial charge is 0.410 e. The molecule has 10 heteroatoms. The van der Waals surface area contributed by atoms with E-state index in [-0.39, 0.29) is 11.9 Å². The van der Waals surface area contributed by atoms with Crippen molar-refractivity contribution in [1.82, 2.24) is 14.5 Å². The molecule has 0 saturated heterocycles. The number of anilines is 1. The van der Waals surface area contributed by atoms with Gasteiger partial charge in [-0.05, 0) is 45.2 Å². The molecule has 1 heterocycles. The number of aromatic nitrogens is 2. The molecule has 0 aliphatic heterocycles. The second kappa shape index (κ2) is 12.2. The normalized spacial score (nSPS) is 11.2. The van der Waals surface area contributed by atoms with Gasteiger partial charge in [0.25, 0.3) is 5.56 Å². The van der Waals surface area contributed by atoms with Gasteiger partial charge in [-0.1, -0.05) is 24.3 Å². The summed E-state index contributed by atoms with van der Waals surface area (Å²) >= 11 is 0. The summed E-state index contributed by atoms with van der Waals surface area (Å²) in [6, 6.07) is 7.89. The molecule has 0 unspecified atom stereocenters. The van der Waals surface area contributed by atoms with E-state index in [0.717, 1.165) is 11.1 Å². The molecule has 0 aliphatic rings. The lowest BCUT2D eigenvalue weighted by Gasteiger charge is -2.24. The highest BCUT2D eigenvalue weighted by Crippen LogP contribution is 2.10. The lowest BCUT2D eigenvalue weighted by atomic mass is 10.1. The van der Waals surface area contributed by atoms with Crippen LogP contribution in [0.25, 0.3) is 0 Å². The standard InChI is InChI=1S/C24H34N4O6/c1-17-14-26-21(22(31)28(17)15-20(29)30)25-10-9-18-7-6-8-19(13-18)16-33-12-11-27(5)23(32)34-24(2,3)4/h6-8,13-14H,9-12,15-16H2,1-5H3,(H,25,26)(H,29,30). The molecule has 10 nitrogen and oxygen atoms in total. The topological polar surface area (TPSA) is 123 Å². The number of ether oxygens (including phenoxy) is 2. The Morgan fingerprint density at radius 2 is 1.94 bits per heavy atom. The lowest BCUT2D eigenvalue weighted by molar-refractivity contribution is -0.137. The van der Waals surface area contributed by atoms with Crippen LogP contribution in [0.5, 0.6) is 0 Å². The number of aliphatic carboxylic acids is 1. The summed E-state index contributed by atoms with van der Waals surface area (Å²) in [7, 11) is 1.67. The quantitative estimate of drug-likeness (QED) is 0.477. The molecular formula is C24H34N4O6. The van der Waals surface area contributed by atoms with Crippen molar-refractivity contribution in [1.29, 1.82) is 0 Å². The van der Waals surface area contributed by atoms with E-state index in [4.69, 9.17) is 14.6 Å². The third-order valence-corrected chi connectivity index (χ3v) is 4.79. The Bertz CT molecular complexity index is 1040. The van der Waals surface area contributed by atoms with E-state index in [2.05, 4.69) is 10.3 Å². The van der Waals surface area contributed by atoms with E-state index in [1.807, 2.05) is 45.0 Å². The van der Waals surface area contributed by atoms with Crippen LogP contribution in [0, 0.1) is 6.92 Å². The molecule has 2 aromatic rings. The predicted molar refractivity (Wildman–Crippen MR) is 128 cm³/mol. The fourth-order valence-corrected chi connectivity index (χ4v) is 3.05. The van der Waals surface area contributed by atoms with E-state index in [0.29, 0.717) is 38.4 Å². The number of amides is 1. The van der Waals surface area contributed by atoms with Crippen LogP contribution < -0.4 is 10.9 Å². The Morgan fingerprint density at radius 3 is 2.62 bits per heavy atom. The zero-order chi connectivity index (χ0) is 25.3. The van der Waals surface area contributed by atoms with Gasteiger partial charge in [-0.3, -0.25) is 14.2 Å². The van der Waals surface area contributed by atoms with Crippen LogP contribution in [0.3, 0.4) is 0 Å². The van der Waals surface area contributed by atoms with Gasteiger partial charge in [0.15, 0.2) is 5.82 Å². The van der Waals surface area contributed by atoms with Gasteiger partial charge in [-0.15, -0.1) is 0 Å². The minimum atomic E-state index is -1.09. The molecule has 2 rings (SSSR count). The average molecular weight is 475 g/mol. The van der Waals surface area contributed by atoms with Crippen molar-refractivity contribution in [2.45, 2.75) is 52.9 Å². The van der Waals surface area contributed by atoms with Gasteiger partial charge in [0.05, 0.1) is 13.2 Å². The van der Waals surface area contributed by atoms with E-state index >= 15 is 0 Å². The highest BCUT2D eigenvalue weighted by atomic mass is 16.6. The molecule has 0 aliphatic carbocycles. The molecule has 1 aromatic heterocycles.